The Morgan fingerprint density at radius 1 is 1.35 bits per heavy atom. The highest BCUT2D eigenvalue weighted by Gasteiger charge is 2.12. The SMILES string of the molecule is CCOC(=O)Cc1csc(SCC(=O)Nc2nc3ccc(F)cc3s2)n1. The molecule has 0 aliphatic heterocycles. The molecule has 136 valence electrons. The molecule has 3 aromatic rings. The molecule has 0 unspecified atom stereocenters. The topological polar surface area (TPSA) is 81.2 Å². The smallest absolute Gasteiger partial charge is 0.311 e. The summed E-state index contributed by atoms with van der Waals surface area (Å²) in [4.78, 5) is 32.0. The molecule has 3 rings (SSSR count). The van der Waals surface area contributed by atoms with Gasteiger partial charge in [-0.3, -0.25) is 9.59 Å². The van der Waals surface area contributed by atoms with Crippen LogP contribution in [0, 0.1) is 5.82 Å². The maximum Gasteiger partial charge on any atom is 0.311 e. The number of hydrogen-bond donors (Lipinski definition) is 1. The number of aromatic nitrogens is 2. The van der Waals surface area contributed by atoms with Crippen LogP contribution < -0.4 is 5.32 Å². The lowest BCUT2D eigenvalue weighted by Gasteiger charge is -1.99. The first-order valence-corrected chi connectivity index (χ1v) is 10.3. The summed E-state index contributed by atoms with van der Waals surface area (Å²) in [5, 5.41) is 4.91. The molecule has 0 radical (unpaired) electrons. The lowest BCUT2D eigenvalue weighted by Crippen LogP contribution is -2.13. The minimum Gasteiger partial charge on any atom is -0.466 e. The van der Waals surface area contributed by atoms with Crippen LogP contribution in [0.3, 0.4) is 0 Å². The molecule has 0 fully saturated rings. The van der Waals surface area contributed by atoms with Crippen LogP contribution in [-0.4, -0.2) is 34.2 Å². The number of rotatable bonds is 7. The second-order valence-corrected chi connectivity index (χ2v) is 8.17. The van der Waals surface area contributed by atoms with E-state index in [1.54, 1.807) is 18.4 Å². The molecule has 10 heteroatoms. The second kappa shape index (κ2) is 8.56. The molecule has 0 bridgehead atoms. The molecule has 1 amide bonds. The van der Waals surface area contributed by atoms with Gasteiger partial charge in [-0.15, -0.1) is 11.3 Å². The van der Waals surface area contributed by atoms with Gasteiger partial charge < -0.3 is 10.1 Å². The summed E-state index contributed by atoms with van der Waals surface area (Å²) in [5.74, 6) is -0.718. The number of nitrogens with one attached hydrogen (secondary N) is 1. The van der Waals surface area contributed by atoms with Crippen LogP contribution in [0.4, 0.5) is 9.52 Å². The third kappa shape index (κ3) is 4.99. The van der Waals surface area contributed by atoms with Crippen LogP contribution in [0.25, 0.3) is 10.2 Å². The summed E-state index contributed by atoms with van der Waals surface area (Å²) in [5.41, 5.74) is 1.27. The number of nitrogens with zero attached hydrogens (tertiary/aromatic N) is 2. The van der Waals surface area contributed by atoms with E-state index in [1.165, 1.54) is 46.6 Å². The number of amides is 1. The number of esters is 1. The van der Waals surface area contributed by atoms with Crippen LogP contribution >= 0.6 is 34.4 Å². The first kappa shape index (κ1) is 18.7. The maximum absolute atomic E-state index is 13.2. The molecular weight excluding hydrogens is 397 g/mol. The zero-order valence-corrected chi connectivity index (χ0v) is 16.1. The number of hydrogen-bond acceptors (Lipinski definition) is 8. The number of fused-ring (bicyclic) bond motifs is 1. The number of anilines is 1. The lowest BCUT2D eigenvalue weighted by atomic mass is 10.3. The molecule has 0 atom stereocenters. The molecular formula is C16H14FN3O3S3. The van der Waals surface area contributed by atoms with Gasteiger partial charge in [0.1, 0.15) is 5.82 Å². The number of thioether (sulfide) groups is 1. The summed E-state index contributed by atoms with van der Waals surface area (Å²) >= 11 is 3.87. The van der Waals surface area contributed by atoms with Gasteiger partial charge in [0, 0.05) is 5.38 Å². The van der Waals surface area contributed by atoms with Crippen molar-refractivity contribution < 1.29 is 18.7 Å². The Kier molecular flexibility index (Phi) is 6.17. The van der Waals surface area contributed by atoms with Gasteiger partial charge in [0.05, 0.1) is 34.7 Å². The Balaban J connectivity index is 1.52. The highest BCUT2D eigenvalue weighted by Crippen LogP contribution is 2.27. The summed E-state index contributed by atoms with van der Waals surface area (Å²) in [6.07, 6.45) is 0.124. The van der Waals surface area contributed by atoms with E-state index in [9.17, 15) is 14.0 Å². The summed E-state index contributed by atoms with van der Waals surface area (Å²) in [6.45, 7) is 2.09. The van der Waals surface area contributed by atoms with Gasteiger partial charge in [-0.1, -0.05) is 23.1 Å². The average molecular weight is 412 g/mol. The molecule has 0 saturated heterocycles. The van der Waals surface area contributed by atoms with Crippen LogP contribution in [-0.2, 0) is 20.7 Å². The fourth-order valence-corrected chi connectivity index (χ4v) is 4.58. The van der Waals surface area contributed by atoms with Crippen molar-refractivity contribution in [3.05, 3.63) is 35.1 Å². The van der Waals surface area contributed by atoms with Crippen molar-refractivity contribution in [3.63, 3.8) is 0 Å². The molecule has 0 spiro atoms. The summed E-state index contributed by atoms with van der Waals surface area (Å²) in [7, 11) is 0. The number of thiazole rings is 2. The van der Waals surface area contributed by atoms with E-state index in [2.05, 4.69) is 15.3 Å². The van der Waals surface area contributed by atoms with Gasteiger partial charge in [-0.05, 0) is 25.1 Å². The van der Waals surface area contributed by atoms with E-state index in [1.807, 2.05) is 0 Å². The first-order chi connectivity index (χ1) is 12.5. The van der Waals surface area contributed by atoms with Crippen LogP contribution in [0.2, 0.25) is 0 Å². The third-order valence-electron chi connectivity index (χ3n) is 3.09. The number of ether oxygens (including phenoxy) is 1. The Morgan fingerprint density at radius 3 is 3.00 bits per heavy atom. The van der Waals surface area contributed by atoms with E-state index in [-0.39, 0.29) is 29.9 Å². The van der Waals surface area contributed by atoms with Gasteiger partial charge >= 0.3 is 5.97 Å². The van der Waals surface area contributed by atoms with Crippen LogP contribution in [0.15, 0.2) is 27.9 Å². The molecule has 2 heterocycles. The quantitative estimate of drug-likeness (QED) is 0.471. The average Bonchev–Trinajstić information content (AvgIpc) is 3.19. The molecule has 1 aromatic carbocycles. The highest BCUT2D eigenvalue weighted by atomic mass is 32.2. The fourth-order valence-electron chi connectivity index (χ4n) is 2.03. The predicted octanol–water partition coefficient (Wildman–Crippen LogP) is 3.73. The third-order valence-corrected chi connectivity index (χ3v) is 6.09. The van der Waals surface area contributed by atoms with E-state index in [0.717, 1.165) is 0 Å². The Labute approximate surface area is 160 Å². The van der Waals surface area contributed by atoms with E-state index < -0.39 is 0 Å². The van der Waals surface area contributed by atoms with Crippen molar-refractivity contribution in [2.24, 2.45) is 0 Å². The molecule has 0 saturated carbocycles. The van der Waals surface area contributed by atoms with Crippen molar-refractivity contribution in [2.75, 3.05) is 17.7 Å². The number of benzene rings is 1. The maximum atomic E-state index is 13.2. The molecule has 2 aromatic heterocycles. The normalized spacial score (nSPS) is 10.8. The second-order valence-electron chi connectivity index (χ2n) is 5.05. The number of carbonyl (C=O) groups excluding carboxylic acids is 2. The standard InChI is InChI=1S/C16H14FN3O3S3/c1-2-23-14(22)6-10-7-24-16(18-10)25-8-13(21)20-15-19-11-4-3-9(17)5-12(11)26-15/h3-5,7H,2,6,8H2,1H3,(H,19,20,21). The fraction of sp³-hybridized carbons (Fsp3) is 0.250. The number of halogens is 1. The van der Waals surface area contributed by atoms with Gasteiger partial charge in [0.2, 0.25) is 5.91 Å². The summed E-state index contributed by atoms with van der Waals surface area (Å²) < 4.78 is 19.4. The van der Waals surface area contributed by atoms with Crippen molar-refractivity contribution in [1.29, 1.82) is 0 Å². The highest BCUT2D eigenvalue weighted by molar-refractivity contribution is 8.01. The van der Waals surface area contributed by atoms with E-state index in [4.69, 9.17) is 4.74 Å². The molecule has 0 aliphatic rings. The zero-order valence-electron chi connectivity index (χ0n) is 13.7. The van der Waals surface area contributed by atoms with Gasteiger partial charge in [0.15, 0.2) is 9.47 Å². The van der Waals surface area contributed by atoms with Crippen molar-refractivity contribution in [1.82, 2.24) is 9.97 Å². The zero-order chi connectivity index (χ0) is 18.5. The minimum absolute atomic E-state index is 0.124. The summed E-state index contributed by atoms with van der Waals surface area (Å²) in [6, 6.07) is 4.30. The van der Waals surface area contributed by atoms with Crippen molar-refractivity contribution >= 4 is 61.7 Å². The predicted molar refractivity (Wildman–Crippen MR) is 101 cm³/mol. The minimum atomic E-state index is -0.336. The van der Waals surface area contributed by atoms with Crippen LogP contribution in [0.1, 0.15) is 12.6 Å². The van der Waals surface area contributed by atoms with E-state index in [0.29, 0.717) is 32.0 Å². The number of carbonyl (C=O) groups is 2. The Morgan fingerprint density at radius 2 is 2.19 bits per heavy atom. The molecule has 0 aliphatic carbocycles. The monoisotopic (exact) mass is 411 g/mol. The molecule has 26 heavy (non-hydrogen) atoms. The Bertz CT molecular complexity index is 941. The molecule has 1 N–H and O–H groups in total. The van der Waals surface area contributed by atoms with Crippen LogP contribution in [0.5, 0.6) is 0 Å². The van der Waals surface area contributed by atoms with Crippen molar-refractivity contribution in [2.45, 2.75) is 17.7 Å². The molecule has 6 nitrogen and oxygen atoms in total. The van der Waals surface area contributed by atoms with Gasteiger partial charge in [-0.25, -0.2) is 14.4 Å². The van der Waals surface area contributed by atoms with E-state index >= 15 is 0 Å². The van der Waals surface area contributed by atoms with Crippen molar-refractivity contribution in [3.8, 4) is 0 Å². The Hall–Kier alpha value is -2.04. The lowest BCUT2D eigenvalue weighted by molar-refractivity contribution is -0.142. The van der Waals surface area contributed by atoms with Gasteiger partial charge in [-0.2, -0.15) is 0 Å². The largest absolute Gasteiger partial charge is 0.466 e. The van der Waals surface area contributed by atoms with Gasteiger partial charge in [0.25, 0.3) is 0 Å². The first-order valence-electron chi connectivity index (χ1n) is 7.62.